The van der Waals surface area contributed by atoms with E-state index in [9.17, 15) is 4.79 Å². The van der Waals surface area contributed by atoms with Crippen molar-refractivity contribution in [1.29, 1.82) is 0 Å². The van der Waals surface area contributed by atoms with Crippen molar-refractivity contribution < 1.29 is 4.79 Å². The highest BCUT2D eigenvalue weighted by Crippen LogP contribution is 2.31. The lowest BCUT2D eigenvalue weighted by atomic mass is 9.77. The molecule has 0 atom stereocenters. The molecular formula is C17H32N2OS. The van der Waals surface area contributed by atoms with Crippen LogP contribution in [0.3, 0.4) is 0 Å². The van der Waals surface area contributed by atoms with Crippen molar-refractivity contribution in [3.05, 3.63) is 0 Å². The van der Waals surface area contributed by atoms with E-state index in [1.54, 1.807) is 0 Å². The molecule has 1 saturated carbocycles. The van der Waals surface area contributed by atoms with Gasteiger partial charge in [0.25, 0.3) is 0 Å². The van der Waals surface area contributed by atoms with Crippen molar-refractivity contribution in [2.24, 2.45) is 11.1 Å². The first-order chi connectivity index (χ1) is 10.1. The molecule has 0 saturated heterocycles. The number of carbonyl (C=O) groups is 1. The van der Waals surface area contributed by atoms with Crippen LogP contribution in [-0.4, -0.2) is 16.9 Å². The van der Waals surface area contributed by atoms with Crippen molar-refractivity contribution >= 4 is 23.1 Å². The van der Waals surface area contributed by atoms with E-state index in [0.29, 0.717) is 11.0 Å². The maximum Gasteiger partial charge on any atom is 0.233 e. The van der Waals surface area contributed by atoms with Crippen LogP contribution < -0.4 is 11.1 Å². The molecule has 1 fully saturated rings. The Bertz CT molecular complexity index is 330. The molecule has 1 aliphatic rings. The molecular weight excluding hydrogens is 280 g/mol. The largest absolute Gasteiger partial charge is 0.392 e. The number of hydrogen-bond donors (Lipinski definition) is 2. The third-order valence-electron chi connectivity index (χ3n) is 4.70. The van der Waals surface area contributed by atoms with Gasteiger partial charge in [-0.25, -0.2) is 0 Å². The standard InChI is InChI=1S/C17H32N2OS/c1-3-12-17(13-4-2,15(18)21)16(20)19-14-10-8-6-5-7-9-11-14/h14H,3-13H2,1-2H3,(H2,18,21)(H,19,20). The van der Waals surface area contributed by atoms with E-state index >= 15 is 0 Å². The number of nitrogens with one attached hydrogen (secondary N) is 1. The number of nitrogens with two attached hydrogens (primary N) is 1. The third-order valence-corrected chi connectivity index (χ3v) is 5.09. The molecule has 0 aromatic carbocycles. The van der Waals surface area contributed by atoms with Crippen molar-refractivity contribution in [3.8, 4) is 0 Å². The smallest absolute Gasteiger partial charge is 0.233 e. The molecule has 0 spiro atoms. The molecule has 0 unspecified atom stereocenters. The van der Waals surface area contributed by atoms with Gasteiger partial charge in [-0.2, -0.15) is 0 Å². The van der Waals surface area contributed by atoms with Crippen LogP contribution >= 0.6 is 12.2 Å². The van der Waals surface area contributed by atoms with Gasteiger partial charge in [0.15, 0.2) is 0 Å². The zero-order valence-corrected chi connectivity index (χ0v) is 14.6. The van der Waals surface area contributed by atoms with Gasteiger partial charge in [-0.15, -0.1) is 0 Å². The number of hydrogen-bond acceptors (Lipinski definition) is 2. The second-order valence-electron chi connectivity index (χ2n) is 6.46. The van der Waals surface area contributed by atoms with Crippen molar-refractivity contribution in [2.45, 2.75) is 90.5 Å². The number of rotatable bonds is 7. The highest BCUT2D eigenvalue weighted by molar-refractivity contribution is 7.80. The number of thiocarbonyl (C=S) groups is 1. The van der Waals surface area contributed by atoms with Gasteiger partial charge in [-0.3, -0.25) is 4.79 Å². The minimum absolute atomic E-state index is 0.0734. The topological polar surface area (TPSA) is 55.1 Å². The van der Waals surface area contributed by atoms with Gasteiger partial charge >= 0.3 is 0 Å². The zero-order chi connectivity index (χ0) is 15.7. The summed E-state index contributed by atoms with van der Waals surface area (Å²) in [6.45, 7) is 4.18. The summed E-state index contributed by atoms with van der Waals surface area (Å²) in [4.78, 5) is 13.2. The van der Waals surface area contributed by atoms with E-state index in [2.05, 4.69) is 19.2 Å². The molecule has 1 amide bonds. The summed E-state index contributed by atoms with van der Waals surface area (Å²) in [5.41, 5.74) is 5.34. The number of carbonyl (C=O) groups excluding carboxylic acids is 1. The minimum atomic E-state index is -0.638. The molecule has 3 N–H and O–H groups in total. The van der Waals surface area contributed by atoms with Crippen LogP contribution in [0.25, 0.3) is 0 Å². The third kappa shape index (κ3) is 5.24. The predicted molar refractivity (Wildman–Crippen MR) is 93.3 cm³/mol. The fourth-order valence-corrected chi connectivity index (χ4v) is 3.78. The van der Waals surface area contributed by atoms with Crippen molar-refractivity contribution in [3.63, 3.8) is 0 Å². The molecule has 21 heavy (non-hydrogen) atoms. The Kier molecular flexibility index (Phi) is 8.23. The molecule has 0 heterocycles. The zero-order valence-electron chi connectivity index (χ0n) is 13.7. The van der Waals surface area contributed by atoms with Crippen LogP contribution in [0, 0.1) is 5.41 Å². The molecule has 0 aromatic heterocycles. The minimum Gasteiger partial charge on any atom is -0.392 e. The first kappa shape index (κ1) is 18.4. The molecule has 3 nitrogen and oxygen atoms in total. The molecule has 1 rings (SSSR count). The quantitative estimate of drug-likeness (QED) is 0.696. The highest BCUT2D eigenvalue weighted by atomic mass is 32.1. The summed E-state index contributed by atoms with van der Waals surface area (Å²) in [5.74, 6) is 0.0734. The van der Waals surface area contributed by atoms with Gasteiger partial charge in [0.1, 0.15) is 0 Å². The molecule has 0 bridgehead atoms. The van der Waals surface area contributed by atoms with E-state index < -0.39 is 5.41 Å². The first-order valence-electron chi connectivity index (χ1n) is 8.67. The van der Waals surface area contributed by atoms with Crippen LogP contribution in [0.15, 0.2) is 0 Å². The molecule has 1 aliphatic carbocycles. The summed E-state index contributed by atoms with van der Waals surface area (Å²) in [6, 6.07) is 0.306. The van der Waals surface area contributed by atoms with E-state index in [0.717, 1.165) is 38.5 Å². The van der Waals surface area contributed by atoms with Crippen LogP contribution in [0.5, 0.6) is 0 Å². The Morgan fingerprint density at radius 1 is 1.10 bits per heavy atom. The van der Waals surface area contributed by atoms with E-state index in [1.807, 2.05) is 0 Å². The second kappa shape index (κ2) is 9.39. The Labute approximate surface area is 135 Å². The van der Waals surface area contributed by atoms with Crippen LogP contribution in [-0.2, 0) is 4.79 Å². The monoisotopic (exact) mass is 312 g/mol. The van der Waals surface area contributed by atoms with Crippen molar-refractivity contribution in [1.82, 2.24) is 5.32 Å². The SMILES string of the molecule is CCCC(CCC)(C(=O)NC1CCCCCCC1)C(N)=S. The van der Waals surface area contributed by atoms with E-state index in [4.69, 9.17) is 18.0 Å². The molecule has 122 valence electrons. The lowest BCUT2D eigenvalue weighted by Gasteiger charge is -2.33. The molecule has 0 aromatic rings. The second-order valence-corrected chi connectivity index (χ2v) is 6.90. The van der Waals surface area contributed by atoms with E-state index in [-0.39, 0.29) is 5.91 Å². The van der Waals surface area contributed by atoms with Gasteiger partial charge in [-0.1, -0.05) is 71.0 Å². The maximum absolute atomic E-state index is 12.9. The summed E-state index contributed by atoms with van der Waals surface area (Å²) in [7, 11) is 0. The van der Waals surface area contributed by atoms with Crippen LogP contribution in [0.2, 0.25) is 0 Å². The van der Waals surface area contributed by atoms with Crippen molar-refractivity contribution in [2.75, 3.05) is 0 Å². The average Bonchev–Trinajstić information content (AvgIpc) is 2.40. The van der Waals surface area contributed by atoms with Crippen LogP contribution in [0.1, 0.15) is 84.5 Å². The Morgan fingerprint density at radius 2 is 1.57 bits per heavy atom. The fraction of sp³-hybridized carbons (Fsp3) is 0.882. The Balaban J connectivity index is 2.76. The summed E-state index contributed by atoms with van der Waals surface area (Å²) < 4.78 is 0. The molecule has 0 radical (unpaired) electrons. The van der Waals surface area contributed by atoms with Crippen LogP contribution in [0.4, 0.5) is 0 Å². The number of amides is 1. The van der Waals surface area contributed by atoms with E-state index in [1.165, 1.54) is 32.1 Å². The average molecular weight is 313 g/mol. The van der Waals surface area contributed by atoms with Gasteiger partial charge in [0, 0.05) is 6.04 Å². The van der Waals surface area contributed by atoms with Gasteiger partial charge < -0.3 is 11.1 Å². The maximum atomic E-state index is 12.9. The lowest BCUT2D eigenvalue weighted by molar-refractivity contribution is -0.129. The first-order valence-corrected chi connectivity index (χ1v) is 9.08. The van der Waals surface area contributed by atoms with Gasteiger partial charge in [0.05, 0.1) is 10.4 Å². The summed E-state index contributed by atoms with van der Waals surface area (Å²) in [5, 5.41) is 3.27. The fourth-order valence-electron chi connectivity index (χ4n) is 3.49. The Hall–Kier alpha value is -0.640. The molecule has 0 aliphatic heterocycles. The highest BCUT2D eigenvalue weighted by Gasteiger charge is 2.40. The summed E-state index contributed by atoms with van der Waals surface area (Å²) >= 11 is 5.27. The summed E-state index contributed by atoms with van der Waals surface area (Å²) in [6.07, 6.45) is 11.9. The Morgan fingerprint density at radius 3 is 2.00 bits per heavy atom. The normalized spacial score (nSPS) is 17.8. The molecule has 4 heteroatoms. The van der Waals surface area contributed by atoms with Gasteiger partial charge in [0.2, 0.25) is 5.91 Å². The van der Waals surface area contributed by atoms with Gasteiger partial charge in [-0.05, 0) is 25.7 Å². The lowest BCUT2D eigenvalue weighted by Crippen LogP contribution is -2.51. The predicted octanol–water partition coefficient (Wildman–Crippen LogP) is 4.09.